The van der Waals surface area contributed by atoms with E-state index in [4.69, 9.17) is 4.74 Å². The number of hydrogen-bond acceptors (Lipinski definition) is 5. The Bertz CT molecular complexity index is 886. The van der Waals surface area contributed by atoms with Crippen molar-refractivity contribution in [3.8, 4) is 0 Å². The number of hydrogen-bond donors (Lipinski definition) is 0. The van der Waals surface area contributed by atoms with Crippen molar-refractivity contribution >= 4 is 39.2 Å². The summed E-state index contributed by atoms with van der Waals surface area (Å²) in [5.41, 5.74) is -0.371. The maximum atomic E-state index is 12.3. The summed E-state index contributed by atoms with van der Waals surface area (Å²) in [5, 5.41) is 1.20. The van der Waals surface area contributed by atoms with Gasteiger partial charge < -0.3 is 4.74 Å². The molecule has 0 radical (unpaired) electrons. The molecule has 0 atom stereocenters. The monoisotopic (exact) mass is 476 g/mol. The number of rotatable bonds is 15. The van der Waals surface area contributed by atoms with Gasteiger partial charge in [-0.15, -0.1) is 11.8 Å². The second kappa shape index (κ2) is 14.0. The smallest absolute Gasteiger partial charge is 0.311 e. The average Bonchev–Trinajstić information content (AvgIpc) is 2.75. The molecule has 0 saturated carbocycles. The molecular weight excluding hydrogens is 436 g/mol. The van der Waals surface area contributed by atoms with Gasteiger partial charge in [-0.25, -0.2) is 0 Å². The van der Waals surface area contributed by atoms with Crippen molar-refractivity contribution in [2.45, 2.75) is 90.4 Å². The molecule has 2 aromatic rings. The molecule has 2 rings (SSSR count). The van der Waals surface area contributed by atoms with Crippen LogP contribution in [-0.2, 0) is 9.53 Å². The number of thioether (sulfide) groups is 1. The van der Waals surface area contributed by atoms with Crippen LogP contribution in [0.5, 0.6) is 0 Å². The van der Waals surface area contributed by atoms with Crippen LogP contribution < -0.4 is 4.74 Å². The minimum atomic E-state index is -0.371. The van der Waals surface area contributed by atoms with E-state index in [-0.39, 0.29) is 16.1 Å². The van der Waals surface area contributed by atoms with E-state index in [2.05, 4.69) is 19.9 Å². The first-order valence-corrected chi connectivity index (χ1v) is 13.9. The van der Waals surface area contributed by atoms with Gasteiger partial charge in [0.2, 0.25) is 4.74 Å². The van der Waals surface area contributed by atoms with Crippen LogP contribution >= 0.6 is 23.1 Å². The van der Waals surface area contributed by atoms with E-state index in [1.54, 1.807) is 17.8 Å². The lowest BCUT2D eigenvalue weighted by atomic mass is 9.85. The van der Waals surface area contributed by atoms with E-state index in [0.717, 1.165) is 41.0 Å². The van der Waals surface area contributed by atoms with Gasteiger partial charge in [-0.05, 0) is 57.3 Å². The molecule has 0 spiro atoms. The van der Waals surface area contributed by atoms with Gasteiger partial charge in [0.15, 0.2) is 0 Å². The van der Waals surface area contributed by atoms with Gasteiger partial charge in [-0.1, -0.05) is 75.5 Å². The molecule has 0 aliphatic rings. The Kier molecular flexibility index (Phi) is 11.8. The summed E-state index contributed by atoms with van der Waals surface area (Å²) in [5.74, 6) is 1.62. The minimum Gasteiger partial charge on any atom is -0.465 e. The Morgan fingerprint density at radius 3 is 2.41 bits per heavy atom. The lowest BCUT2D eigenvalue weighted by Crippen LogP contribution is -2.27. The number of carbonyl (C=O) groups excluding carboxylic acids is 1. The van der Waals surface area contributed by atoms with E-state index < -0.39 is 0 Å². The lowest BCUT2D eigenvalue weighted by molar-refractivity contribution is -0.154. The summed E-state index contributed by atoms with van der Waals surface area (Å²) in [4.78, 5) is 25.3. The van der Waals surface area contributed by atoms with Gasteiger partial charge in [-0.2, -0.15) is 0 Å². The number of benzene rings is 1. The Morgan fingerprint density at radius 1 is 1.03 bits per heavy atom. The van der Waals surface area contributed by atoms with E-state index in [1.807, 2.05) is 32.0 Å². The van der Waals surface area contributed by atoms with E-state index in [9.17, 15) is 9.59 Å². The molecule has 1 heterocycles. The fourth-order valence-corrected chi connectivity index (χ4v) is 5.64. The molecule has 1 aromatic carbocycles. The lowest BCUT2D eigenvalue weighted by Gasteiger charge is -2.23. The summed E-state index contributed by atoms with van der Waals surface area (Å²) in [7, 11) is 0. The van der Waals surface area contributed by atoms with Crippen LogP contribution in [0.25, 0.3) is 10.1 Å². The first kappa shape index (κ1) is 26.9. The summed E-state index contributed by atoms with van der Waals surface area (Å²) in [6, 6.07) is 9.96. The first-order chi connectivity index (χ1) is 15.3. The standard InChI is InChI=1S/C27H40O3S2/c1-21(2)16-17-27(3,4)26(29)30-18-12-8-6-5-7-9-13-19-31-24-20-25(28)32-23-15-11-10-14-22(23)24/h10-11,14-15,20-21H,5-9,12-13,16-19H2,1-4H3. The highest BCUT2D eigenvalue weighted by atomic mass is 32.2. The Balaban J connectivity index is 1.50. The fourth-order valence-electron chi connectivity index (χ4n) is 3.58. The first-order valence-electron chi connectivity index (χ1n) is 12.1. The molecule has 0 aliphatic heterocycles. The Morgan fingerprint density at radius 2 is 1.69 bits per heavy atom. The molecule has 32 heavy (non-hydrogen) atoms. The van der Waals surface area contributed by atoms with Crippen molar-refractivity contribution in [3.63, 3.8) is 0 Å². The predicted molar refractivity (Wildman–Crippen MR) is 140 cm³/mol. The Hall–Kier alpha value is -1.33. The third-order valence-electron chi connectivity index (χ3n) is 5.79. The normalized spacial score (nSPS) is 11.9. The van der Waals surface area contributed by atoms with Crippen molar-refractivity contribution in [1.29, 1.82) is 0 Å². The van der Waals surface area contributed by atoms with Crippen molar-refractivity contribution < 1.29 is 9.53 Å². The second-order valence-corrected chi connectivity index (χ2v) is 11.9. The van der Waals surface area contributed by atoms with Crippen molar-refractivity contribution in [2.75, 3.05) is 12.4 Å². The van der Waals surface area contributed by atoms with Crippen molar-refractivity contribution in [2.24, 2.45) is 11.3 Å². The molecule has 0 bridgehead atoms. The van der Waals surface area contributed by atoms with Gasteiger partial charge in [0.1, 0.15) is 0 Å². The average molecular weight is 477 g/mol. The fraction of sp³-hybridized carbons (Fsp3) is 0.630. The second-order valence-electron chi connectivity index (χ2n) is 9.70. The topological polar surface area (TPSA) is 43.4 Å². The van der Waals surface area contributed by atoms with Crippen LogP contribution in [0.4, 0.5) is 0 Å². The maximum absolute atomic E-state index is 12.3. The van der Waals surface area contributed by atoms with Gasteiger partial charge >= 0.3 is 5.97 Å². The molecule has 178 valence electrons. The van der Waals surface area contributed by atoms with Gasteiger partial charge in [0.25, 0.3) is 0 Å². The highest BCUT2D eigenvalue weighted by Gasteiger charge is 2.28. The van der Waals surface area contributed by atoms with Crippen LogP contribution in [0.3, 0.4) is 0 Å². The van der Waals surface area contributed by atoms with Crippen molar-refractivity contribution in [1.82, 2.24) is 0 Å². The third kappa shape index (κ3) is 9.66. The number of ether oxygens (including phenoxy) is 1. The predicted octanol–water partition coefficient (Wildman–Crippen LogP) is 8.09. The third-order valence-corrected chi connectivity index (χ3v) is 7.83. The van der Waals surface area contributed by atoms with Gasteiger partial charge in [-0.3, -0.25) is 9.59 Å². The Labute approximate surface area is 202 Å². The van der Waals surface area contributed by atoms with Crippen LogP contribution in [0, 0.1) is 11.3 Å². The SMILES string of the molecule is CC(C)CCC(C)(C)C(=O)OCCCCCCCCCSc1cc(=O)sc2ccccc12. The van der Waals surface area contributed by atoms with Gasteiger partial charge in [0, 0.05) is 21.0 Å². The van der Waals surface area contributed by atoms with Gasteiger partial charge in [0.05, 0.1) is 12.0 Å². The molecule has 0 fully saturated rings. The molecule has 0 aliphatic carbocycles. The summed E-state index contributed by atoms with van der Waals surface area (Å²) >= 11 is 3.13. The van der Waals surface area contributed by atoms with Crippen LogP contribution in [0.15, 0.2) is 40.0 Å². The molecule has 1 aromatic heterocycles. The molecule has 3 nitrogen and oxygen atoms in total. The van der Waals surface area contributed by atoms with E-state index >= 15 is 0 Å². The zero-order valence-corrected chi connectivity index (χ0v) is 21.9. The maximum Gasteiger partial charge on any atom is 0.311 e. The molecular formula is C27H40O3S2. The summed E-state index contributed by atoms with van der Waals surface area (Å²) in [6.07, 6.45) is 10.1. The molecule has 0 saturated heterocycles. The van der Waals surface area contributed by atoms with Crippen LogP contribution in [-0.4, -0.2) is 18.3 Å². The number of unbranched alkanes of at least 4 members (excludes halogenated alkanes) is 6. The van der Waals surface area contributed by atoms with E-state index in [1.165, 1.54) is 48.8 Å². The highest BCUT2D eigenvalue weighted by molar-refractivity contribution is 7.99. The molecule has 5 heteroatoms. The minimum absolute atomic E-state index is 0.0494. The van der Waals surface area contributed by atoms with Crippen LogP contribution in [0.2, 0.25) is 0 Å². The quantitative estimate of drug-likeness (QED) is 0.148. The summed E-state index contributed by atoms with van der Waals surface area (Å²) in [6.45, 7) is 8.92. The molecule has 0 unspecified atom stereocenters. The number of esters is 1. The molecule has 0 N–H and O–H groups in total. The largest absolute Gasteiger partial charge is 0.465 e. The number of carbonyl (C=O) groups is 1. The highest BCUT2D eigenvalue weighted by Crippen LogP contribution is 2.29. The van der Waals surface area contributed by atoms with Crippen LogP contribution in [0.1, 0.15) is 85.5 Å². The zero-order chi connectivity index (χ0) is 23.4. The molecule has 0 amide bonds. The zero-order valence-electron chi connectivity index (χ0n) is 20.3. The number of fused-ring (bicyclic) bond motifs is 1. The summed E-state index contributed by atoms with van der Waals surface area (Å²) < 4.78 is 6.73. The van der Waals surface area contributed by atoms with E-state index in [0.29, 0.717) is 12.5 Å². The van der Waals surface area contributed by atoms with Crippen molar-refractivity contribution in [3.05, 3.63) is 39.9 Å².